The minimum atomic E-state index is -0.633. The lowest BCUT2D eigenvalue weighted by Crippen LogP contribution is -2.35. The molecule has 1 aliphatic carbocycles. The van der Waals surface area contributed by atoms with Crippen LogP contribution in [0.3, 0.4) is 0 Å². The second kappa shape index (κ2) is 9.59. The number of nitrogens with one attached hydrogen (secondary N) is 2. The summed E-state index contributed by atoms with van der Waals surface area (Å²) in [5.74, 6) is 0.931. The van der Waals surface area contributed by atoms with Gasteiger partial charge >= 0.3 is 0 Å². The van der Waals surface area contributed by atoms with Gasteiger partial charge < -0.3 is 25.8 Å². The highest BCUT2D eigenvalue weighted by molar-refractivity contribution is 7.21. The van der Waals surface area contributed by atoms with Crippen molar-refractivity contribution in [2.75, 3.05) is 17.2 Å². The normalized spacial score (nSPS) is 24.5. The molecule has 6 rings (SSSR count). The largest absolute Gasteiger partial charge is 0.364 e. The van der Waals surface area contributed by atoms with Crippen molar-refractivity contribution in [2.45, 2.75) is 64.7 Å². The summed E-state index contributed by atoms with van der Waals surface area (Å²) in [5, 5.41) is 8.05. The van der Waals surface area contributed by atoms with Crippen molar-refractivity contribution in [3.05, 3.63) is 51.8 Å². The van der Waals surface area contributed by atoms with Gasteiger partial charge in [0, 0.05) is 15.7 Å². The monoisotopic (exact) mass is 536 g/mol. The second-order valence-corrected chi connectivity index (χ2v) is 12.7. The van der Waals surface area contributed by atoms with Gasteiger partial charge in [0.05, 0.1) is 40.2 Å². The number of nitrogens with zero attached hydrogens (tertiary/aromatic N) is 3. The Labute approximate surface area is 224 Å². The van der Waals surface area contributed by atoms with E-state index in [0.717, 1.165) is 38.7 Å². The van der Waals surface area contributed by atoms with Crippen molar-refractivity contribution in [3.63, 3.8) is 0 Å². The van der Waals surface area contributed by atoms with Crippen LogP contribution in [0.4, 0.5) is 11.8 Å². The molecule has 4 atom stereocenters. The molecule has 0 amide bonds. The highest BCUT2D eigenvalue weighted by Crippen LogP contribution is 2.44. The molecule has 3 aromatic heterocycles. The Bertz CT molecular complexity index is 1400. The van der Waals surface area contributed by atoms with Crippen molar-refractivity contribution in [1.29, 1.82) is 0 Å². The first-order chi connectivity index (χ1) is 17.8. The van der Waals surface area contributed by atoms with E-state index in [1.54, 1.807) is 22.7 Å². The number of fused-ring (bicyclic) bond motifs is 2. The molecule has 2 aliphatic rings. The third-order valence-electron chi connectivity index (χ3n) is 7.02. The lowest BCUT2D eigenvalue weighted by molar-refractivity contribution is -0.156. The van der Waals surface area contributed by atoms with E-state index in [1.807, 2.05) is 39.0 Å². The lowest BCUT2D eigenvalue weighted by atomic mass is 10.1. The summed E-state index contributed by atoms with van der Waals surface area (Å²) in [4.78, 5) is 17.3. The van der Waals surface area contributed by atoms with Crippen LogP contribution >= 0.6 is 22.7 Å². The van der Waals surface area contributed by atoms with Crippen LogP contribution in [0, 0.1) is 19.8 Å². The molecule has 4 aromatic rings. The van der Waals surface area contributed by atoms with Crippen LogP contribution in [0.15, 0.2) is 36.4 Å². The van der Waals surface area contributed by atoms with Crippen molar-refractivity contribution in [2.24, 2.45) is 11.7 Å². The number of thiazole rings is 1. The van der Waals surface area contributed by atoms with Gasteiger partial charge in [-0.2, -0.15) is 4.98 Å². The SMILES string of the molecule is Cc1ccc(CNc2nc(C)c(-c3nc4ccccc4s3)c(N[C@@H]3C[C@H](CN)[C@H]4OC(C)(C)O[C@H]43)n2)s1. The quantitative estimate of drug-likeness (QED) is 0.291. The highest BCUT2D eigenvalue weighted by Gasteiger charge is 2.53. The van der Waals surface area contributed by atoms with E-state index in [2.05, 4.69) is 35.8 Å². The molecule has 1 aliphatic heterocycles. The standard InChI is InChI=1S/C27H32N6O2S2/c1-14-9-10-17(36-14)13-29-26-30-15(2)21(25-32-18-7-5-6-8-20(18)37-25)24(33-26)31-19-11-16(12-28)22-23(19)35-27(3,4)34-22/h5-10,16,19,22-23H,11-13,28H2,1-4H3,(H2,29,30,31,33)/t16-,19-,22-,23+/m1/s1. The van der Waals surface area contributed by atoms with Gasteiger partial charge in [-0.3, -0.25) is 0 Å². The Balaban J connectivity index is 1.37. The molecule has 2 fully saturated rings. The van der Waals surface area contributed by atoms with Gasteiger partial charge in [-0.15, -0.1) is 22.7 Å². The molecule has 0 radical (unpaired) electrons. The number of nitrogens with two attached hydrogens (primary N) is 1. The number of hydrogen-bond acceptors (Lipinski definition) is 10. The Morgan fingerprint density at radius 3 is 2.59 bits per heavy atom. The number of hydrogen-bond donors (Lipinski definition) is 3. The van der Waals surface area contributed by atoms with Gasteiger partial charge in [-0.25, -0.2) is 9.97 Å². The third-order valence-corrected chi connectivity index (χ3v) is 9.08. The van der Waals surface area contributed by atoms with Crippen molar-refractivity contribution < 1.29 is 9.47 Å². The van der Waals surface area contributed by atoms with Crippen molar-refractivity contribution in [1.82, 2.24) is 15.0 Å². The van der Waals surface area contributed by atoms with Crippen LogP contribution in [-0.2, 0) is 16.0 Å². The van der Waals surface area contributed by atoms with Crippen LogP contribution in [0.5, 0.6) is 0 Å². The van der Waals surface area contributed by atoms with Crippen molar-refractivity contribution in [3.8, 4) is 10.6 Å². The van der Waals surface area contributed by atoms with E-state index in [0.29, 0.717) is 19.0 Å². The molecule has 0 unspecified atom stereocenters. The second-order valence-electron chi connectivity index (χ2n) is 10.3. The Kier molecular flexibility index (Phi) is 6.40. The summed E-state index contributed by atoms with van der Waals surface area (Å²) in [6, 6.07) is 12.5. The summed E-state index contributed by atoms with van der Waals surface area (Å²) in [6.07, 6.45) is 0.708. The number of rotatable bonds is 7. The maximum Gasteiger partial charge on any atom is 0.225 e. The maximum absolute atomic E-state index is 6.34. The van der Waals surface area contributed by atoms with E-state index >= 15 is 0 Å². The molecule has 1 saturated heterocycles. The number of thiophene rings is 1. The Morgan fingerprint density at radius 1 is 1.03 bits per heavy atom. The third kappa shape index (κ3) is 4.84. The average molecular weight is 537 g/mol. The number of aromatic nitrogens is 3. The topological polar surface area (TPSA) is 107 Å². The Hall–Kier alpha value is -2.63. The lowest BCUT2D eigenvalue weighted by Gasteiger charge is -2.25. The van der Waals surface area contributed by atoms with Crippen LogP contribution < -0.4 is 16.4 Å². The molecule has 194 valence electrons. The summed E-state index contributed by atoms with van der Waals surface area (Å²) < 4.78 is 13.7. The van der Waals surface area contributed by atoms with Crippen LogP contribution in [-0.4, -0.2) is 45.5 Å². The summed E-state index contributed by atoms with van der Waals surface area (Å²) >= 11 is 3.43. The fraction of sp³-hybridized carbons (Fsp3) is 0.444. The fourth-order valence-electron chi connectivity index (χ4n) is 5.37. The van der Waals surface area contributed by atoms with E-state index in [-0.39, 0.29) is 24.2 Å². The van der Waals surface area contributed by atoms with E-state index in [1.165, 1.54) is 9.75 Å². The van der Waals surface area contributed by atoms with Gasteiger partial charge in [-0.05, 0) is 64.9 Å². The van der Waals surface area contributed by atoms with E-state index in [4.69, 9.17) is 30.2 Å². The molecule has 10 heteroatoms. The first-order valence-corrected chi connectivity index (χ1v) is 14.3. The molecule has 37 heavy (non-hydrogen) atoms. The average Bonchev–Trinajstić information content (AvgIpc) is 3.60. The molecule has 1 aromatic carbocycles. The zero-order valence-corrected chi connectivity index (χ0v) is 23.1. The molecular formula is C27H32N6O2S2. The molecule has 1 saturated carbocycles. The van der Waals surface area contributed by atoms with Crippen LogP contribution in [0.2, 0.25) is 0 Å². The first kappa shape index (κ1) is 24.7. The molecule has 4 N–H and O–H groups in total. The zero-order valence-electron chi connectivity index (χ0n) is 21.4. The Morgan fingerprint density at radius 2 is 1.84 bits per heavy atom. The fourth-order valence-corrected chi connectivity index (χ4v) is 7.27. The van der Waals surface area contributed by atoms with Crippen LogP contribution in [0.1, 0.15) is 35.7 Å². The zero-order chi connectivity index (χ0) is 25.7. The van der Waals surface area contributed by atoms with Gasteiger partial charge in [0.2, 0.25) is 5.95 Å². The molecule has 0 spiro atoms. The number of ether oxygens (including phenoxy) is 2. The van der Waals surface area contributed by atoms with Gasteiger partial charge in [0.1, 0.15) is 16.9 Å². The highest BCUT2D eigenvalue weighted by atomic mass is 32.1. The predicted octanol–water partition coefficient (Wildman–Crippen LogP) is 5.32. The minimum absolute atomic E-state index is 0.00977. The van der Waals surface area contributed by atoms with E-state index < -0.39 is 5.79 Å². The summed E-state index contributed by atoms with van der Waals surface area (Å²) in [6.45, 7) is 9.29. The van der Waals surface area contributed by atoms with Gasteiger partial charge in [0.25, 0.3) is 0 Å². The first-order valence-electron chi connectivity index (χ1n) is 12.7. The summed E-state index contributed by atoms with van der Waals surface area (Å²) in [7, 11) is 0. The van der Waals surface area contributed by atoms with Gasteiger partial charge in [-0.1, -0.05) is 12.1 Å². The van der Waals surface area contributed by atoms with Gasteiger partial charge in [0.15, 0.2) is 5.79 Å². The van der Waals surface area contributed by atoms with Crippen molar-refractivity contribution >= 4 is 44.7 Å². The molecular weight excluding hydrogens is 504 g/mol. The molecule has 8 nitrogen and oxygen atoms in total. The predicted molar refractivity (Wildman–Crippen MR) is 150 cm³/mol. The number of aryl methyl sites for hydroxylation is 2. The maximum atomic E-state index is 6.34. The number of para-hydroxylation sites is 1. The van der Waals surface area contributed by atoms with Crippen LogP contribution in [0.25, 0.3) is 20.8 Å². The number of anilines is 2. The summed E-state index contributed by atoms with van der Waals surface area (Å²) in [5.41, 5.74) is 8.90. The minimum Gasteiger partial charge on any atom is -0.364 e. The molecule has 0 bridgehead atoms. The molecule has 4 heterocycles. The smallest absolute Gasteiger partial charge is 0.225 e. The number of benzene rings is 1. The van der Waals surface area contributed by atoms with E-state index in [9.17, 15) is 0 Å².